The minimum Gasteiger partial charge on any atom is -0.483 e. The Morgan fingerprint density at radius 2 is 1.88 bits per heavy atom. The van der Waals surface area contributed by atoms with Gasteiger partial charge in [-0.05, 0) is 43.9 Å². The Labute approximate surface area is 148 Å². The first kappa shape index (κ1) is 17.7. The number of ether oxygens (including phenoxy) is 2. The summed E-state index contributed by atoms with van der Waals surface area (Å²) < 4.78 is 11.2. The molecule has 0 radical (unpaired) electrons. The molecule has 2 aliphatic rings. The molecule has 0 bridgehead atoms. The van der Waals surface area contributed by atoms with E-state index in [9.17, 15) is 9.59 Å². The summed E-state index contributed by atoms with van der Waals surface area (Å²) in [5.74, 6) is 0.780. The third-order valence-electron chi connectivity index (χ3n) is 4.84. The fourth-order valence-corrected chi connectivity index (χ4v) is 3.25. The van der Waals surface area contributed by atoms with Gasteiger partial charge >= 0.3 is 0 Å². The minimum absolute atomic E-state index is 0.0317. The minimum atomic E-state index is -0.283. The maximum atomic E-state index is 12.4. The largest absolute Gasteiger partial charge is 0.483 e. The third kappa shape index (κ3) is 4.31. The number of amides is 2. The molecule has 6 nitrogen and oxygen atoms in total. The highest BCUT2D eigenvalue weighted by Gasteiger charge is 2.31. The van der Waals surface area contributed by atoms with Crippen molar-refractivity contribution in [1.82, 2.24) is 9.80 Å². The van der Waals surface area contributed by atoms with Crippen molar-refractivity contribution >= 4 is 11.8 Å². The van der Waals surface area contributed by atoms with E-state index < -0.39 is 0 Å². The first-order chi connectivity index (χ1) is 12.0. The van der Waals surface area contributed by atoms with Crippen molar-refractivity contribution in [2.75, 3.05) is 39.4 Å². The monoisotopic (exact) mass is 346 g/mol. The zero-order valence-corrected chi connectivity index (χ0v) is 15.0. The lowest BCUT2D eigenvalue weighted by molar-refractivity contribution is -0.146. The van der Waals surface area contributed by atoms with E-state index in [0.29, 0.717) is 32.8 Å². The zero-order chi connectivity index (χ0) is 17.8. The molecule has 1 aromatic carbocycles. The highest BCUT2D eigenvalue weighted by molar-refractivity contribution is 5.82. The molecule has 1 atom stereocenters. The fraction of sp³-hybridized carbons (Fsp3) is 0.579. The molecule has 2 amide bonds. The van der Waals surface area contributed by atoms with E-state index in [-0.39, 0.29) is 24.5 Å². The number of hydrogen-bond donors (Lipinski definition) is 0. The number of carbonyl (C=O) groups is 2. The van der Waals surface area contributed by atoms with Crippen LogP contribution in [-0.2, 0) is 14.3 Å². The Kier molecular flexibility index (Phi) is 5.58. The number of piperazine rings is 1. The molecule has 2 fully saturated rings. The van der Waals surface area contributed by atoms with Crippen LogP contribution < -0.4 is 4.74 Å². The van der Waals surface area contributed by atoms with E-state index in [1.54, 1.807) is 4.90 Å². The van der Waals surface area contributed by atoms with Gasteiger partial charge in [0.1, 0.15) is 11.9 Å². The Morgan fingerprint density at radius 1 is 1.16 bits per heavy atom. The van der Waals surface area contributed by atoms with Crippen LogP contribution in [-0.4, -0.2) is 67.1 Å². The van der Waals surface area contributed by atoms with Gasteiger partial charge in [0.15, 0.2) is 6.61 Å². The fourth-order valence-electron chi connectivity index (χ4n) is 3.25. The first-order valence-electron chi connectivity index (χ1n) is 8.93. The summed E-state index contributed by atoms with van der Waals surface area (Å²) in [6.07, 6.45) is 1.47. The molecule has 0 N–H and O–H groups in total. The molecular weight excluding hydrogens is 320 g/mol. The number of benzene rings is 1. The molecule has 2 heterocycles. The normalized spacial score (nSPS) is 20.6. The SMILES string of the molecule is Cc1ccc(C)c(OCC(=O)N2CCN(C(=O)C3CCCO3)CC2)c1. The molecule has 3 rings (SSSR count). The van der Waals surface area contributed by atoms with Crippen molar-refractivity contribution in [3.8, 4) is 5.75 Å². The van der Waals surface area contributed by atoms with E-state index >= 15 is 0 Å². The molecular formula is C19H26N2O4. The lowest BCUT2D eigenvalue weighted by atomic mass is 10.1. The summed E-state index contributed by atoms with van der Waals surface area (Å²) >= 11 is 0. The average Bonchev–Trinajstić information content (AvgIpc) is 3.16. The Hall–Kier alpha value is -2.08. The van der Waals surface area contributed by atoms with Crippen molar-refractivity contribution < 1.29 is 19.1 Å². The number of hydrogen-bond acceptors (Lipinski definition) is 4. The van der Waals surface area contributed by atoms with Crippen LogP contribution in [0.2, 0.25) is 0 Å². The van der Waals surface area contributed by atoms with Crippen molar-refractivity contribution in [2.45, 2.75) is 32.8 Å². The molecule has 0 aromatic heterocycles. The zero-order valence-electron chi connectivity index (χ0n) is 15.0. The van der Waals surface area contributed by atoms with Gasteiger partial charge in [0.2, 0.25) is 0 Å². The lowest BCUT2D eigenvalue weighted by Crippen LogP contribution is -2.53. The third-order valence-corrected chi connectivity index (χ3v) is 4.84. The van der Waals surface area contributed by atoms with Gasteiger partial charge in [0.25, 0.3) is 11.8 Å². The summed E-state index contributed by atoms with van der Waals surface area (Å²) in [5.41, 5.74) is 2.12. The molecule has 1 unspecified atom stereocenters. The summed E-state index contributed by atoms with van der Waals surface area (Å²) in [4.78, 5) is 28.3. The van der Waals surface area contributed by atoms with Crippen LogP contribution in [0, 0.1) is 13.8 Å². The molecule has 6 heteroatoms. The van der Waals surface area contributed by atoms with Crippen LogP contribution >= 0.6 is 0 Å². The van der Waals surface area contributed by atoms with Gasteiger partial charge in [-0.25, -0.2) is 0 Å². The molecule has 0 saturated carbocycles. The Bertz CT molecular complexity index is 632. The van der Waals surface area contributed by atoms with Crippen LogP contribution in [0.3, 0.4) is 0 Å². The Balaban J connectivity index is 1.46. The summed E-state index contributed by atoms with van der Waals surface area (Å²) in [6, 6.07) is 5.96. The number of aryl methyl sites for hydroxylation is 2. The number of carbonyl (C=O) groups excluding carboxylic acids is 2. The van der Waals surface area contributed by atoms with Crippen LogP contribution in [0.4, 0.5) is 0 Å². The van der Waals surface area contributed by atoms with Crippen molar-refractivity contribution in [3.63, 3.8) is 0 Å². The Morgan fingerprint density at radius 3 is 2.56 bits per heavy atom. The molecule has 2 saturated heterocycles. The van der Waals surface area contributed by atoms with Gasteiger partial charge in [-0.2, -0.15) is 0 Å². The topological polar surface area (TPSA) is 59.1 Å². The second-order valence-corrected chi connectivity index (χ2v) is 6.77. The molecule has 0 aliphatic carbocycles. The summed E-state index contributed by atoms with van der Waals surface area (Å²) in [5, 5.41) is 0. The first-order valence-corrected chi connectivity index (χ1v) is 8.93. The second kappa shape index (κ2) is 7.87. The average molecular weight is 346 g/mol. The van der Waals surface area contributed by atoms with Gasteiger partial charge in [-0.3, -0.25) is 9.59 Å². The van der Waals surface area contributed by atoms with E-state index in [1.165, 1.54) is 0 Å². The predicted molar refractivity (Wildman–Crippen MR) is 93.5 cm³/mol. The van der Waals surface area contributed by atoms with Crippen LogP contribution in [0.25, 0.3) is 0 Å². The standard InChI is InChI=1S/C19H26N2O4/c1-14-5-6-15(2)17(12-14)25-13-18(22)20-7-9-21(10-8-20)19(23)16-4-3-11-24-16/h5-6,12,16H,3-4,7-11,13H2,1-2H3. The van der Waals surface area contributed by atoms with Gasteiger partial charge in [-0.15, -0.1) is 0 Å². The van der Waals surface area contributed by atoms with E-state index in [0.717, 1.165) is 29.7 Å². The van der Waals surface area contributed by atoms with Crippen LogP contribution in [0.15, 0.2) is 18.2 Å². The van der Waals surface area contributed by atoms with Crippen LogP contribution in [0.5, 0.6) is 5.75 Å². The molecule has 25 heavy (non-hydrogen) atoms. The van der Waals surface area contributed by atoms with Gasteiger partial charge < -0.3 is 19.3 Å². The summed E-state index contributed by atoms with van der Waals surface area (Å²) in [7, 11) is 0. The quantitative estimate of drug-likeness (QED) is 0.830. The molecule has 136 valence electrons. The highest BCUT2D eigenvalue weighted by Crippen LogP contribution is 2.19. The number of rotatable bonds is 4. The van der Waals surface area contributed by atoms with Gasteiger partial charge in [0, 0.05) is 32.8 Å². The van der Waals surface area contributed by atoms with Crippen molar-refractivity contribution in [1.29, 1.82) is 0 Å². The van der Waals surface area contributed by atoms with Gasteiger partial charge in [0.05, 0.1) is 0 Å². The van der Waals surface area contributed by atoms with E-state index in [4.69, 9.17) is 9.47 Å². The van der Waals surface area contributed by atoms with Crippen molar-refractivity contribution in [3.05, 3.63) is 29.3 Å². The highest BCUT2D eigenvalue weighted by atomic mass is 16.5. The maximum Gasteiger partial charge on any atom is 0.260 e. The molecule has 0 spiro atoms. The second-order valence-electron chi connectivity index (χ2n) is 6.77. The van der Waals surface area contributed by atoms with E-state index in [1.807, 2.05) is 36.9 Å². The maximum absolute atomic E-state index is 12.4. The molecule has 2 aliphatic heterocycles. The van der Waals surface area contributed by atoms with Crippen LogP contribution in [0.1, 0.15) is 24.0 Å². The predicted octanol–water partition coefficient (Wildman–Crippen LogP) is 1.53. The smallest absolute Gasteiger partial charge is 0.260 e. The van der Waals surface area contributed by atoms with E-state index in [2.05, 4.69) is 0 Å². The molecule has 1 aromatic rings. The summed E-state index contributed by atoms with van der Waals surface area (Å²) in [6.45, 7) is 6.89. The van der Waals surface area contributed by atoms with Gasteiger partial charge in [-0.1, -0.05) is 12.1 Å². The lowest BCUT2D eigenvalue weighted by Gasteiger charge is -2.35. The van der Waals surface area contributed by atoms with Crippen molar-refractivity contribution in [2.24, 2.45) is 0 Å². The number of nitrogens with zero attached hydrogens (tertiary/aromatic N) is 2.